The Kier molecular flexibility index (Phi) is 2.61. The average Bonchev–Trinajstić information content (AvgIpc) is 2.03. The summed E-state index contributed by atoms with van der Waals surface area (Å²) in [5.74, 6) is 0. The molecule has 0 amide bonds. The monoisotopic (exact) mass is 187 g/mol. The number of alkyl halides is 2. The standard InChI is InChI=1S/C9H11F2NO/c1-9(2,13)7-3-6(8(10)11)4-12-5-7/h3-5,8,13H,1-2H3. The lowest BCUT2D eigenvalue weighted by Crippen LogP contribution is -2.16. The molecule has 0 aromatic carbocycles. The highest BCUT2D eigenvalue weighted by molar-refractivity contribution is 5.23. The number of rotatable bonds is 2. The van der Waals surface area contributed by atoms with E-state index < -0.39 is 12.0 Å². The van der Waals surface area contributed by atoms with E-state index in [-0.39, 0.29) is 5.56 Å². The van der Waals surface area contributed by atoms with Crippen molar-refractivity contribution in [1.82, 2.24) is 4.98 Å². The Balaban J connectivity index is 3.06. The van der Waals surface area contributed by atoms with Crippen molar-refractivity contribution >= 4 is 0 Å². The van der Waals surface area contributed by atoms with Crippen molar-refractivity contribution in [1.29, 1.82) is 0 Å². The molecule has 0 aliphatic rings. The van der Waals surface area contributed by atoms with Crippen molar-refractivity contribution in [3.63, 3.8) is 0 Å². The van der Waals surface area contributed by atoms with Gasteiger partial charge in [0.05, 0.1) is 5.60 Å². The second kappa shape index (κ2) is 3.38. The molecule has 0 aliphatic heterocycles. The molecule has 0 atom stereocenters. The van der Waals surface area contributed by atoms with E-state index in [2.05, 4.69) is 4.98 Å². The number of pyridine rings is 1. The van der Waals surface area contributed by atoms with Gasteiger partial charge in [-0.05, 0) is 19.9 Å². The van der Waals surface area contributed by atoms with Gasteiger partial charge in [-0.2, -0.15) is 0 Å². The van der Waals surface area contributed by atoms with E-state index >= 15 is 0 Å². The highest BCUT2D eigenvalue weighted by Gasteiger charge is 2.18. The van der Waals surface area contributed by atoms with Crippen molar-refractivity contribution in [2.45, 2.75) is 25.9 Å². The third-order valence-electron chi connectivity index (χ3n) is 1.72. The summed E-state index contributed by atoms with van der Waals surface area (Å²) < 4.78 is 24.4. The zero-order chi connectivity index (χ0) is 10.1. The van der Waals surface area contributed by atoms with Gasteiger partial charge >= 0.3 is 0 Å². The Hall–Kier alpha value is -1.03. The van der Waals surface area contributed by atoms with Crippen LogP contribution >= 0.6 is 0 Å². The van der Waals surface area contributed by atoms with Crippen molar-refractivity contribution in [3.05, 3.63) is 29.6 Å². The number of hydrogen-bond acceptors (Lipinski definition) is 2. The molecule has 1 aromatic rings. The Morgan fingerprint density at radius 3 is 2.46 bits per heavy atom. The Bertz CT molecular complexity index is 294. The summed E-state index contributed by atoms with van der Waals surface area (Å²) in [6, 6.07) is 1.26. The number of nitrogens with zero attached hydrogens (tertiary/aromatic N) is 1. The van der Waals surface area contributed by atoms with Gasteiger partial charge in [0.1, 0.15) is 0 Å². The molecule has 13 heavy (non-hydrogen) atoms. The predicted octanol–water partition coefficient (Wildman–Crippen LogP) is 2.25. The fourth-order valence-electron chi connectivity index (χ4n) is 0.912. The van der Waals surface area contributed by atoms with Gasteiger partial charge in [0.15, 0.2) is 0 Å². The molecule has 0 saturated carbocycles. The maximum atomic E-state index is 12.2. The first kappa shape index (κ1) is 10.1. The first-order chi connectivity index (χ1) is 5.91. The van der Waals surface area contributed by atoms with Gasteiger partial charge in [-0.25, -0.2) is 8.78 Å². The van der Waals surface area contributed by atoms with Crippen molar-refractivity contribution in [3.8, 4) is 0 Å². The van der Waals surface area contributed by atoms with Crippen LogP contribution in [0.15, 0.2) is 18.5 Å². The molecule has 0 bridgehead atoms. The lowest BCUT2D eigenvalue weighted by molar-refractivity contribution is 0.0775. The third kappa shape index (κ3) is 2.45. The minimum absolute atomic E-state index is 0.167. The Labute approximate surface area is 75.2 Å². The van der Waals surface area contributed by atoms with E-state index in [0.29, 0.717) is 5.56 Å². The minimum Gasteiger partial charge on any atom is -0.386 e. The Morgan fingerprint density at radius 1 is 1.38 bits per heavy atom. The molecular formula is C9H11F2NO. The van der Waals surface area contributed by atoms with E-state index in [4.69, 9.17) is 0 Å². The van der Waals surface area contributed by atoms with E-state index in [0.717, 1.165) is 6.20 Å². The van der Waals surface area contributed by atoms with Gasteiger partial charge < -0.3 is 5.11 Å². The molecule has 1 N–H and O–H groups in total. The number of aliphatic hydroxyl groups is 1. The van der Waals surface area contributed by atoms with Gasteiger partial charge in [0, 0.05) is 23.5 Å². The molecule has 0 spiro atoms. The van der Waals surface area contributed by atoms with E-state index in [1.165, 1.54) is 26.1 Å². The second-order valence-electron chi connectivity index (χ2n) is 3.37. The SMILES string of the molecule is CC(C)(O)c1cncc(C(F)F)c1. The summed E-state index contributed by atoms with van der Waals surface area (Å²) >= 11 is 0. The summed E-state index contributed by atoms with van der Waals surface area (Å²) in [5.41, 5.74) is -0.900. The zero-order valence-corrected chi connectivity index (χ0v) is 7.46. The molecule has 0 radical (unpaired) electrons. The molecule has 0 saturated heterocycles. The van der Waals surface area contributed by atoms with Gasteiger partial charge in [-0.15, -0.1) is 0 Å². The first-order valence-electron chi connectivity index (χ1n) is 3.87. The molecule has 1 rings (SSSR count). The normalized spacial score (nSPS) is 12.2. The van der Waals surface area contributed by atoms with Gasteiger partial charge in [0.25, 0.3) is 6.43 Å². The topological polar surface area (TPSA) is 33.1 Å². The van der Waals surface area contributed by atoms with Crippen LogP contribution < -0.4 is 0 Å². The molecule has 1 aromatic heterocycles. The van der Waals surface area contributed by atoms with Crippen LogP contribution in [-0.4, -0.2) is 10.1 Å². The lowest BCUT2D eigenvalue weighted by atomic mass is 9.99. The highest BCUT2D eigenvalue weighted by atomic mass is 19.3. The highest BCUT2D eigenvalue weighted by Crippen LogP contribution is 2.24. The van der Waals surface area contributed by atoms with E-state index in [1.54, 1.807) is 0 Å². The van der Waals surface area contributed by atoms with Crippen LogP contribution in [-0.2, 0) is 5.60 Å². The summed E-state index contributed by atoms with van der Waals surface area (Å²) in [6.45, 7) is 3.05. The van der Waals surface area contributed by atoms with Crippen LogP contribution in [0.4, 0.5) is 8.78 Å². The van der Waals surface area contributed by atoms with Crippen LogP contribution in [0.1, 0.15) is 31.4 Å². The predicted molar refractivity (Wildman–Crippen MR) is 44.4 cm³/mol. The number of aromatic nitrogens is 1. The third-order valence-corrected chi connectivity index (χ3v) is 1.72. The van der Waals surface area contributed by atoms with E-state index in [1.807, 2.05) is 0 Å². The van der Waals surface area contributed by atoms with Crippen LogP contribution in [0.5, 0.6) is 0 Å². The fourth-order valence-corrected chi connectivity index (χ4v) is 0.912. The maximum Gasteiger partial charge on any atom is 0.265 e. The smallest absolute Gasteiger partial charge is 0.265 e. The minimum atomic E-state index is -2.55. The van der Waals surface area contributed by atoms with Crippen LogP contribution in [0, 0.1) is 0 Å². The quantitative estimate of drug-likeness (QED) is 0.770. The van der Waals surface area contributed by atoms with Crippen LogP contribution in [0.3, 0.4) is 0 Å². The number of hydrogen-bond donors (Lipinski definition) is 1. The molecule has 0 aliphatic carbocycles. The van der Waals surface area contributed by atoms with Gasteiger partial charge in [-0.1, -0.05) is 0 Å². The summed E-state index contributed by atoms with van der Waals surface area (Å²) in [6.07, 6.45) is -0.0685. The molecule has 0 unspecified atom stereocenters. The van der Waals surface area contributed by atoms with Crippen LogP contribution in [0.2, 0.25) is 0 Å². The van der Waals surface area contributed by atoms with E-state index in [9.17, 15) is 13.9 Å². The number of halogens is 2. The molecule has 0 fully saturated rings. The van der Waals surface area contributed by atoms with Crippen molar-refractivity contribution < 1.29 is 13.9 Å². The van der Waals surface area contributed by atoms with Crippen LogP contribution in [0.25, 0.3) is 0 Å². The van der Waals surface area contributed by atoms with Crippen molar-refractivity contribution in [2.24, 2.45) is 0 Å². The molecule has 4 heteroatoms. The van der Waals surface area contributed by atoms with Gasteiger partial charge in [-0.3, -0.25) is 4.98 Å². The maximum absolute atomic E-state index is 12.2. The zero-order valence-electron chi connectivity index (χ0n) is 7.46. The molecule has 2 nitrogen and oxygen atoms in total. The molecule has 72 valence electrons. The average molecular weight is 187 g/mol. The Morgan fingerprint density at radius 2 is 2.00 bits per heavy atom. The van der Waals surface area contributed by atoms with Crippen molar-refractivity contribution in [2.75, 3.05) is 0 Å². The molecule has 1 heterocycles. The largest absolute Gasteiger partial charge is 0.386 e. The first-order valence-corrected chi connectivity index (χ1v) is 3.87. The summed E-state index contributed by atoms with van der Waals surface area (Å²) in [5, 5.41) is 9.51. The summed E-state index contributed by atoms with van der Waals surface area (Å²) in [7, 11) is 0. The summed E-state index contributed by atoms with van der Waals surface area (Å²) in [4.78, 5) is 3.63. The van der Waals surface area contributed by atoms with Gasteiger partial charge in [0.2, 0.25) is 0 Å². The lowest BCUT2D eigenvalue weighted by Gasteiger charge is -2.17. The molecular weight excluding hydrogens is 176 g/mol. The second-order valence-corrected chi connectivity index (χ2v) is 3.37. The fraction of sp³-hybridized carbons (Fsp3) is 0.444.